The second-order valence-corrected chi connectivity index (χ2v) is 4.83. The highest BCUT2D eigenvalue weighted by atomic mass is 32.1. The normalized spacial score (nSPS) is 10.0. The number of ether oxygens (including phenoxy) is 1. The lowest BCUT2D eigenvalue weighted by molar-refractivity contribution is 0.407. The molecule has 0 fully saturated rings. The molecule has 0 aromatic heterocycles. The summed E-state index contributed by atoms with van der Waals surface area (Å²) in [7, 11) is 1.60. The van der Waals surface area contributed by atoms with E-state index in [4.69, 9.17) is 17.0 Å². The minimum Gasteiger partial charge on any atom is -0.496 e. The largest absolute Gasteiger partial charge is 0.496 e. The Morgan fingerprint density at radius 2 is 2.12 bits per heavy atom. The molecule has 0 aliphatic rings. The molecule has 16 heavy (non-hydrogen) atoms. The molecule has 4 heteroatoms. The molecule has 0 saturated carbocycles. The van der Waals surface area contributed by atoms with Crippen LogP contribution < -0.4 is 4.74 Å². The molecular formula is C12H13NOS2. The van der Waals surface area contributed by atoms with Crippen molar-refractivity contribution in [1.82, 2.24) is 0 Å². The third-order valence-corrected chi connectivity index (χ3v) is 2.81. The molecule has 84 valence electrons. The van der Waals surface area contributed by atoms with Gasteiger partial charge in [-0.3, -0.25) is 0 Å². The maximum atomic E-state index is 9.22. The van der Waals surface area contributed by atoms with Gasteiger partial charge in [0.25, 0.3) is 0 Å². The number of nitrogens with zero attached hydrogens (tertiary/aromatic N) is 1. The van der Waals surface area contributed by atoms with Gasteiger partial charge in [0.1, 0.15) is 11.8 Å². The van der Waals surface area contributed by atoms with Crippen LogP contribution in [-0.4, -0.2) is 11.3 Å². The van der Waals surface area contributed by atoms with Gasteiger partial charge >= 0.3 is 0 Å². The zero-order valence-corrected chi connectivity index (χ0v) is 11.2. The molecule has 0 unspecified atom stereocenters. The van der Waals surface area contributed by atoms with Crippen LogP contribution in [0, 0.1) is 11.3 Å². The standard InChI is InChI=1S/C12H13NOS2/c1-7(2)11-9(6-13)8(12(15)16)4-5-10(11)14-3/h4-5,7H,1-3H3,(H,15,16). The summed E-state index contributed by atoms with van der Waals surface area (Å²) in [6, 6.07) is 5.79. The fraction of sp³-hybridized carbons (Fsp3) is 0.333. The number of hydrogen-bond donors (Lipinski definition) is 1. The van der Waals surface area contributed by atoms with Crippen LogP contribution in [0.1, 0.15) is 36.5 Å². The van der Waals surface area contributed by atoms with Crippen LogP contribution in [-0.2, 0) is 0 Å². The lowest BCUT2D eigenvalue weighted by Gasteiger charge is -2.15. The van der Waals surface area contributed by atoms with Gasteiger partial charge < -0.3 is 4.74 Å². The lowest BCUT2D eigenvalue weighted by Crippen LogP contribution is -2.03. The highest BCUT2D eigenvalue weighted by molar-refractivity contribution is 8.11. The highest BCUT2D eigenvalue weighted by Gasteiger charge is 2.17. The fourth-order valence-electron chi connectivity index (χ4n) is 1.65. The van der Waals surface area contributed by atoms with Crippen molar-refractivity contribution in [3.05, 3.63) is 28.8 Å². The fourth-order valence-corrected chi connectivity index (χ4v) is 2.01. The van der Waals surface area contributed by atoms with Gasteiger partial charge in [0.05, 0.1) is 16.9 Å². The SMILES string of the molecule is COc1ccc(C(=S)S)c(C#N)c1C(C)C. The Morgan fingerprint density at radius 1 is 1.50 bits per heavy atom. The van der Waals surface area contributed by atoms with Crippen LogP contribution in [0.3, 0.4) is 0 Å². The maximum Gasteiger partial charge on any atom is 0.123 e. The van der Waals surface area contributed by atoms with Crippen molar-refractivity contribution in [2.75, 3.05) is 7.11 Å². The summed E-state index contributed by atoms with van der Waals surface area (Å²) >= 11 is 9.14. The Kier molecular flexibility index (Phi) is 4.34. The summed E-state index contributed by atoms with van der Waals surface area (Å²) in [4.78, 5) is 0. The molecule has 0 aliphatic carbocycles. The third-order valence-electron chi connectivity index (χ3n) is 2.34. The second kappa shape index (κ2) is 5.33. The van der Waals surface area contributed by atoms with Gasteiger partial charge in [0.15, 0.2) is 0 Å². The van der Waals surface area contributed by atoms with Crippen molar-refractivity contribution in [3.8, 4) is 11.8 Å². The number of hydrogen-bond acceptors (Lipinski definition) is 3. The molecule has 1 aromatic carbocycles. The monoisotopic (exact) mass is 251 g/mol. The molecule has 0 bridgehead atoms. The van der Waals surface area contributed by atoms with E-state index in [2.05, 4.69) is 18.7 Å². The first-order valence-corrected chi connectivity index (χ1v) is 5.72. The van der Waals surface area contributed by atoms with Crippen LogP contribution in [0.15, 0.2) is 12.1 Å². The van der Waals surface area contributed by atoms with Crippen molar-refractivity contribution >= 4 is 29.0 Å². The number of thiol groups is 1. The molecule has 0 amide bonds. The molecule has 0 aliphatic heterocycles. The lowest BCUT2D eigenvalue weighted by atomic mass is 9.93. The average molecular weight is 251 g/mol. The first-order valence-electron chi connectivity index (χ1n) is 4.87. The van der Waals surface area contributed by atoms with Gasteiger partial charge in [-0.05, 0) is 18.1 Å². The molecule has 0 N–H and O–H groups in total. The van der Waals surface area contributed by atoms with Crippen molar-refractivity contribution in [2.24, 2.45) is 0 Å². The summed E-state index contributed by atoms with van der Waals surface area (Å²) in [5, 5.41) is 9.22. The van der Waals surface area contributed by atoms with Gasteiger partial charge in [-0.25, -0.2) is 0 Å². The molecule has 1 aromatic rings. The van der Waals surface area contributed by atoms with E-state index in [1.165, 1.54) is 0 Å². The molecule has 1 rings (SSSR count). The number of rotatable bonds is 3. The third kappa shape index (κ3) is 2.37. The Hall–Kier alpha value is -1.05. The molecule has 0 atom stereocenters. The second-order valence-electron chi connectivity index (χ2n) is 3.68. The summed E-state index contributed by atoms with van der Waals surface area (Å²) in [6.07, 6.45) is 0. The number of thiocarbonyl (C=S) groups is 1. The van der Waals surface area contributed by atoms with Crippen molar-refractivity contribution in [2.45, 2.75) is 19.8 Å². The van der Waals surface area contributed by atoms with E-state index in [1.807, 2.05) is 19.9 Å². The number of benzene rings is 1. The van der Waals surface area contributed by atoms with Crippen LogP contribution >= 0.6 is 24.8 Å². The van der Waals surface area contributed by atoms with Crippen LogP contribution in [0.25, 0.3) is 0 Å². The van der Waals surface area contributed by atoms with Crippen LogP contribution in [0.5, 0.6) is 5.75 Å². The summed E-state index contributed by atoms with van der Waals surface area (Å²) in [6.45, 7) is 4.04. The Morgan fingerprint density at radius 3 is 2.50 bits per heavy atom. The van der Waals surface area contributed by atoms with Crippen LogP contribution in [0.2, 0.25) is 0 Å². The average Bonchev–Trinajstić information content (AvgIpc) is 2.26. The summed E-state index contributed by atoms with van der Waals surface area (Å²) in [5.74, 6) is 0.923. The Balaban J connectivity index is 3.58. The van der Waals surface area contributed by atoms with E-state index in [1.54, 1.807) is 13.2 Å². The van der Waals surface area contributed by atoms with Crippen molar-refractivity contribution in [3.63, 3.8) is 0 Å². The Labute approximate surface area is 107 Å². The minimum absolute atomic E-state index is 0.201. The molecule has 2 nitrogen and oxygen atoms in total. The number of methoxy groups -OCH3 is 1. The predicted octanol–water partition coefficient (Wildman–Crippen LogP) is 3.30. The van der Waals surface area contributed by atoms with E-state index < -0.39 is 0 Å². The van der Waals surface area contributed by atoms with E-state index in [0.29, 0.717) is 15.3 Å². The molecular weight excluding hydrogens is 238 g/mol. The first kappa shape index (κ1) is 13.0. The quantitative estimate of drug-likeness (QED) is 0.661. The van der Waals surface area contributed by atoms with E-state index in [9.17, 15) is 5.26 Å². The topological polar surface area (TPSA) is 33.0 Å². The minimum atomic E-state index is 0.201. The number of nitriles is 1. The molecule has 0 spiro atoms. The summed E-state index contributed by atoms with van der Waals surface area (Å²) < 4.78 is 5.70. The molecule has 0 radical (unpaired) electrons. The van der Waals surface area contributed by atoms with Gasteiger partial charge in [-0.2, -0.15) is 5.26 Å². The first-order chi connectivity index (χ1) is 7.52. The Bertz CT molecular complexity index is 461. The van der Waals surface area contributed by atoms with Gasteiger partial charge in [0, 0.05) is 11.1 Å². The van der Waals surface area contributed by atoms with E-state index >= 15 is 0 Å². The highest BCUT2D eigenvalue weighted by Crippen LogP contribution is 2.32. The zero-order chi connectivity index (χ0) is 12.3. The molecule has 0 heterocycles. The van der Waals surface area contributed by atoms with Gasteiger partial charge in [-0.1, -0.05) is 26.1 Å². The van der Waals surface area contributed by atoms with Crippen LogP contribution in [0.4, 0.5) is 0 Å². The van der Waals surface area contributed by atoms with E-state index in [0.717, 1.165) is 11.3 Å². The zero-order valence-electron chi connectivity index (χ0n) is 9.44. The molecule has 0 saturated heterocycles. The van der Waals surface area contributed by atoms with Crippen molar-refractivity contribution < 1.29 is 4.74 Å². The van der Waals surface area contributed by atoms with Crippen molar-refractivity contribution in [1.29, 1.82) is 5.26 Å². The summed E-state index contributed by atoms with van der Waals surface area (Å²) in [5.41, 5.74) is 2.15. The van der Waals surface area contributed by atoms with Gasteiger partial charge in [0.2, 0.25) is 0 Å². The predicted molar refractivity (Wildman–Crippen MR) is 72.5 cm³/mol. The smallest absolute Gasteiger partial charge is 0.123 e. The van der Waals surface area contributed by atoms with E-state index in [-0.39, 0.29) is 5.92 Å². The van der Waals surface area contributed by atoms with Gasteiger partial charge in [-0.15, -0.1) is 12.6 Å². The maximum absolute atomic E-state index is 9.22.